The summed E-state index contributed by atoms with van der Waals surface area (Å²) in [4.78, 5) is 15.5. The molecule has 14 heavy (non-hydrogen) atoms. The van der Waals surface area contributed by atoms with Gasteiger partial charge < -0.3 is 14.5 Å². The molecule has 2 fully saturated rings. The first-order chi connectivity index (χ1) is 6.70. The van der Waals surface area contributed by atoms with Crippen molar-refractivity contribution >= 4 is 6.03 Å². The maximum Gasteiger partial charge on any atom is 0.319 e. The maximum atomic E-state index is 11.8. The van der Waals surface area contributed by atoms with Gasteiger partial charge in [0.15, 0.2) is 0 Å². The van der Waals surface area contributed by atoms with Crippen LogP contribution in [0.5, 0.6) is 0 Å². The zero-order chi connectivity index (χ0) is 10.1. The van der Waals surface area contributed by atoms with Gasteiger partial charge in [-0.15, -0.1) is 0 Å². The highest BCUT2D eigenvalue weighted by molar-refractivity contribution is 5.74. The normalized spacial score (nSPS) is 30.6. The van der Waals surface area contributed by atoms with E-state index in [-0.39, 0.29) is 6.03 Å². The molecule has 0 aromatic rings. The van der Waals surface area contributed by atoms with Crippen LogP contribution in [0.2, 0.25) is 0 Å². The van der Waals surface area contributed by atoms with Gasteiger partial charge in [-0.25, -0.2) is 4.79 Å². The Morgan fingerprint density at radius 2 is 2.00 bits per heavy atom. The minimum Gasteiger partial charge on any atom is -0.371 e. The molecule has 2 aliphatic heterocycles. The lowest BCUT2D eigenvalue weighted by Gasteiger charge is -2.34. The molecule has 2 aliphatic rings. The number of hydrogen-bond donors (Lipinski definition) is 0. The summed E-state index contributed by atoms with van der Waals surface area (Å²) in [6, 6.07) is 0.146. The Bertz CT molecular complexity index is 220. The highest BCUT2D eigenvalue weighted by atomic mass is 16.5. The molecule has 0 aromatic heterocycles. The second kappa shape index (κ2) is 3.77. The van der Waals surface area contributed by atoms with Crippen LogP contribution in [0.3, 0.4) is 0 Å². The first-order valence-electron chi connectivity index (χ1n) is 5.36. The molecule has 0 aromatic carbocycles. The van der Waals surface area contributed by atoms with Gasteiger partial charge in [0, 0.05) is 26.7 Å². The largest absolute Gasteiger partial charge is 0.371 e. The second-order valence-corrected chi connectivity index (χ2v) is 4.16. The summed E-state index contributed by atoms with van der Waals surface area (Å²) in [6.45, 7) is 4.32. The van der Waals surface area contributed by atoms with Gasteiger partial charge in [0.25, 0.3) is 0 Å². The van der Waals surface area contributed by atoms with Crippen LogP contribution in [-0.2, 0) is 4.74 Å². The molecule has 2 bridgehead atoms. The molecule has 4 nitrogen and oxygen atoms in total. The Morgan fingerprint density at radius 3 is 2.50 bits per heavy atom. The first kappa shape index (κ1) is 9.77. The lowest BCUT2D eigenvalue weighted by atomic mass is 10.2. The summed E-state index contributed by atoms with van der Waals surface area (Å²) in [7, 11) is 1.85. The molecule has 2 atom stereocenters. The standard InChI is InChI=1S/C10H18N2O2/c1-3-11(2)10(13)12-6-8-4-5-9(7-12)14-8/h8-9H,3-7H2,1-2H3. The Hall–Kier alpha value is -0.770. The van der Waals surface area contributed by atoms with E-state index in [1.807, 2.05) is 18.9 Å². The van der Waals surface area contributed by atoms with Crippen molar-refractivity contribution in [3.05, 3.63) is 0 Å². The maximum absolute atomic E-state index is 11.8. The van der Waals surface area contributed by atoms with Crippen LogP contribution in [-0.4, -0.2) is 54.7 Å². The lowest BCUT2D eigenvalue weighted by molar-refractivity contribution is -0.0276. The number of likely N-dealkylation sites (tertiary alicyclic amines) is 1. The monoisotopic (exact) mass is 198 g/mol. The Morgan fingerprint density at radius 1 is 1.43 bits per heavy atom. The van der Waals surface area contributed by atoms with E-state index in [9.17, 15) is 4.79 Å². The quantitative estimate of drug-likeness (QED) is 0.627. The second-order valence-electron chi connectivity index (χ2n) is 4.16. The van der Waals surface area contributed by atoms with E-state index in [1.165, 1.54) is 0 Å². The molecule has 2 amide bonds. The number of hydrogen-bond acceptors (Lipinski definition) is 2. The molecular weight excluding hydrogens is 180 g/mol. The molecule has 2 heterocycles. The summed E-state index contributed by atoms with van der Waals surface area (Å²) in [5.41, 5.74) is 0. The number of carbonyl (C=O) groups excluding carboxylic acids is 1. The molecular formula is C10H18N2O2. The molecule has 2 saturated heterocycles. The van der Waals surface area contributed by atoms with E-state index < -0.39 is 0 Å². The number of carbonyl (C=O) groups is 1. The van der Waals surface area contributed by atoms with E-state index in [2.05, 4.69) is 0 Å². The van der Waals surface area contributed by atoms with Crippen molar-refractivity contribution in [1.29, 1.82) is 0 Å². The molecule has 0 saturated carbocycles. The van der Waals surface area contributed by atoms with Gasteiger partial charge in [-0.2, -0.15) is 0 Å². The van der Waals surface area contributed by atoms with Crippen molar-refractivity contribution in [2.24, 2.45) is 0 Å². The third-order valence-corrected chi connectivity index (χ3v) is 3.11. The summed E-state index contributed by atoms with van der Waals surface area (Å²) in [6.07, 6.45) is 2.82. The van der Waals surface area contributed by atoms with Gasteiger partial charge in [-0.05, 0) is 19.8 Å². The number of nitrogens with zero attached hydrogens (tertiary/aromatic N) is 2. The minimum absolute atomic E-state index is 0.146. The molecule has 80 valence electrons. The number of rotatable bonds is 1. The van der Waals surface area contributed by atoms with E-state index in [0.29, 0.717) is 12.2 Å². The van der Waals surface area contributed by atoms with Crippen molar-refractivity contribution in [2.45, 2.75) is 32.0 Å². The predicted molar refractivity (Wildman–Crippen MR) is 53.2 cm³/mol. The molecule has 0 radical (unpaired) electrons. The summed E-state index contributed by atoms with van der Waals surface area (Å²) < 4.78 is 5.68. The predicted octanol–water partition coefficient (Wildman–Crippen LogP) is 0.921. The fraction of sp³-hybridized carbons (Fsp3) is 0.900. The van der Waals surface area contributed by atoms with Gasteiger partial charge >= 0.3 is 6.03 Å². The third-order valence-electron chi connectivity index (χ3n) is 3.11. The Balaban J connectivity index is 1.95. The Kier molecular flexibility index (Phi) is 2.63. The Labute approximate surface area is 84.8 Å². The highest BCUT2D eigenvalue weighted by Crippen LogP contribution is 2.26. The summed E-state index contributed by atoms with van der Waals surface area (Å²) in [5.74, 6) is 0. The van der Waals surface area contributed by atoms with E-state index >= 15 is 0 Å². The number of morpholine rings is 1. The van der Waals surface area contributed by atoms with E-state index in [1.54, 1.807) is 4.90 Å². The average molecular weight is 198 g/mol. The topological polar surface area (TPSA) is 32.8 Å². The van der Waals surface area contributed by atoms with Crippen molar-refractivity contribution < 1.29 is 9.53 Å². The van der Waals surface area contributed by atoms with Crippen LogP contribution in [0.1, 0.15) is 19.8 Å². The van der Waals surface area contributed by atoms with Crippen LogP contribution in [0.25, 0.3) is 0 Å². The third kappa shape index (κ3) is 1.71. The molecule has 2 unspecified atom stereocenters. The minimum atomic E-state index is 0.146. The molecule has 2 rings (SSSR count). The fourth-order valence-electron chi connectivity index (χ4n) is 2.15. The average Bonchev–Trinajstić information content (AvgIpc) is 2.55. The first-order valence-corrected chi connectivity index (χ1v) is 5.36. The van der Waals surface area contributed by atoms with Crippen LogP contribution in [0.15, 0.2) is 0 Å². The van der Waals surface area contributed by atoms with Gasteiger partial charge in [-0.1, -0.05) is 0 Å². The van der Waals surface area contributed by atoms with Gasteiger partial charge in [-0.3, -0.25) is 0 Å². The fourth-order valence-corrected chi connectivity index (χ4v) is 2.15. The van der Waals surface area contributed by atoms with E-state index in [4.69, 9.17) is 4.74 Å². The van der Waals surface area contributed by atoms with Crippen molar-refractivity contribution in [3.63, 3.8) is 0 Å². The van der Waals surface area contributed by atoms with Crippen LogP contribution >= 0.6 is 0 Å². The highest BCUT2D eigenvalue weighted by Gasteiger charge is 2.36. The number of amides is 2. The van der Waals surface area contributed by atoms with Crippen LogP contribution in [0.4, 0.5) is 4.79 Å². The zero-order valence-corrected chi connectivity index (χ0v) is 8.90. The van der Waals surface area contributed by atoms with Crippen molar-refractivity contribution in [1.82, 2.24) is 9.80 Å². The number of urea groups is 1. The molecule has 0 N–H and O–H groups in total. The number of ether oxygens (including phenoxy) is 1. The van der Waals surface area contributed by atoms with Gasteiger partial charge in [0.2, 0.25) is 0 Å². The molecule has 0 aliphatic carbocycles. The summed E-state index contributed by atoms with van der Waals surface area (Å²) in [5, 5.41) is 0. The van der Waals surface area contributed by atoms with Gasteiger partial charge in [0.1, 0.15) is 0 Å². The molecule has 4 heteroatoms. The SMILES string of the molecule is CCN(C)C(=O)N1CC2CCC(C1)O2. The zero-order valence-electron chi connectivity index (χ0n) is 8.90. The smallest absolute Gasteiger partial charge is 0.319 e. The van der Waals surface area contributed by atoms with Crippen molar-refractivity contribution in [2.75, 3.05) is 26.7 Å². The van der Waals surface area contributed by atoms with E-state index in [0.717, 1.165) is 32.5 Å². The molecule has 0 spiro atoms. The number of fused-ring (bicyclic) bond motifs is 2. The van der Waals surface area contributed by atoms with Crippen molar-refractivity contribution in [3.8, 4) is 0 Å². The summed E-state index contributed by atoms with van der Waals surface area (Å²) >= 11 is 0. The lowest BCUT2D eigenvalue weighted by Crippen LogP contribution is -2.50. The van der Waals surface area contributed by atoms with Gasteiger partial charge in [0.05, 0.1) is 12.2 Å². The van der Waals surface area contributed by atoms with Crippen LogP contribution in [0, 0.1) is 0 Å². The van der Waals surface area contributed by atoms with Crippen LogP contribution < -0.4 is 0 Å².